The van der Waals surface area contributed by atoms with Crippen LogP contribution in [-0.4, -0.2) is 76.0 Å². The molecule has 14 heteroatoms. The van der Waals surface area contributed by atoms with E-state index in [1.54, 1.807) is 0 Å². The lowest BCUT2D eigenvalue weighted by Gasteiger charge is -2.25. The highest BCUT2D eigenvalue weighted by Crippen LogP contribution is 2.02. The zero-order valence-electron chi connectivity index (χ0n) is 17.3. The van der Waals surface area contributed by atoms with E-state index in [4.69, 9.17) is 22.3 Å². The number of carboxylic acid groups (broad SMARTS) is 1. The minimum Gasteiger partial charge on any atom is -0.480 e. The molecule has 0 fully saturated rings. The van der Waals surface area contributed by atoms with Crippen molar-refractivity contribution >= 4 is 35.5 Å². The normalized spacial score (nSPS) is 15.5. The first-order chi connectivity index (χ1) is 14.3. The summed E-state index contributed by atoms with van der Waals surface area (Å²) in [4.78, 5) is 69.5. The second-order valence-corrected chi connectivity index (χ2v) is 6.97. The van der Waals surface area contributed by atoms with Crippen LogP contribution in [0.25, 0.3) is 0 Å². The Morgan fingerprint density at radius 2 is 1.32 bits per heavy atom. The van der Waals surface area contributed by atoms with E-state index in [0.717, 1.165) is 0 Å². The number of rotatable bonds is 14. The summed E-state index contributed by atoms with van der Waals surface area (Å²) in [5.74, 6) is -5.46. The van der Waals surface area contributed by atoms with Gasteiger partial charge < -0.3 is 43.4 Å². The molecule has 0 spiro atoms. The van der Waals surface area contributed by atoms with E-state index in [1.165, 1.54) is 13.8 Å². The molecular weight excluding hydrogens is 416 g/mol. The maximum atomic E-state index is 12.4. The quantitative estimate of drug-likeness (QED) is 0.128. The fourth-order valence-corrected chi connectivity index (χ4v) is 2.30. The fourth-order valence-electron chi connectivity index (χ4n) is 2.30. The Morgan fingerprint density at radius 1 is 0.806 bits per heavy atom. The third-order valence-electron chi connectivity index (χ3n) is 4.15. The van der Waals surface area contributed by atoms with E-state index in [0.29, 0.717) is 0 Å². The third-order valence-corrected chi connectivity index (χ3v) is 4.15. The van der Waals surface area contributed by atoms with Gasteiger partial charge in [-0.2, -0.15) is 0 Å². The molecule has 0 bridgehead atoms. The molecule has 0 radical (unpaired) electrons. The van der Waals surface area contributed by atoms with E-state index < -0.39 is 65.8 Å². The number of carboxylic acids is 1. The topological polar surface area (TPSA) is 257 Å². The largest absolute Gasteiger partial charge is 0.480 e. The van der Waals surface area contributed by atoms with Crippen molar-refractivity contribution in [2.75, 3.05) is 0 Å². The van der Waals surface area contributed by atoms with E-state index in [-0.39, 0.29) is 25.7 Å². The highest BCUT2D eigenvalue weighted by molar-refractivity contribution is 5.94. The molecule has 14 nitrogen and oxygen atoms in total. The van der Waals surface area contributed by atoms with Crippen LogP contribution in [0.3, 0.4) is 0 Å². The Kier molecular flexibility index (Phi) is 11.7. The molecule has 176 valence electrons. The Labute approximate surface area is 178 Å². The van der Waals surface area contributed by atoms with Gasteiger partial charge in [-0.3, -0.25) is 24.0 Å². The number of primary amides is 2. The van der Waals surface area contributed by atoms with Gasteiger partial charge in [0.05, 0.1) is 12.1 Å². The van der Waals surface area contributed by atoms with E-state index in [2.05, 4.69) is 16.0 Å². The van der Waals surface area contributed by atoms with Gasteiger partial charge in [0, 0.05) is 12.8 Å². The van der Waals surface area contributed by atoms with Crippen LogP contribution in [0.1, 0.15) is 39.5 Å². The summed E-state index contributed by atoms with van der Waals surface area (Å²) in [5.41, 5.74) is 15.5. The van der Waals surface area contributed by atoms with Crippen molar-refractivity contribution in [3.63, 3.8) is 0 Å². The van der Waals surface area contributed by atoms with Crippen LogP contribution < -0.4 is 33.2 Å². The number of aliphatic hydroxyl groups excluding tert-OH is 1. The van der Waals surface area contributed by atoms with Gasteiger partial charge >= 0.3 is 5.97 Å². The highest BCUT2D eigenvalue weighted by Gasteiger charge is 2.31. The summed E-state index contributed by atoms with van der Waals surface area (Å²) in [6, 6.07) is -5.30. The molecule has 11 N–H and O–H groups in total. The smallest absolute Gasteiger partial charge is 0.326 e. The molecule has 0 aromatic rings. The molecule has 0 saturated heterocycles. The first-order valence-corrected chi connectivity index (χ1v) is 9.40. The molecule has 5 amide bonds. The van der Waals surface area contributed by atoms with Gasteiger partial charge in [0.1, 0.15) is 18.1 Å². The number of nitrogens with one attached hydrogen (secondary N) is 3. The van der Waals surface area contributed by atoms with Crippen molar-refractivity contribution in [2.45, 2.75) is 69.8 Å². The average molecular weight is 446 g/mol. The Balaban J connectivity index is 4.99. The molecule has 0 rings (SSSR count). The van der Waals surface area contributed by atoms with Crippen LogP contribution in [0.4, 0.5) is 0 Å². The van der Waals surface area contributed by atoms with Crippen molar-refractivity contribution in [1.29, 1.82) is 0 Å². The molecule has 0 aliphatic heterocycles. The first-order valence-electron chi connectivity index (χ1n) is 9.40. The fraction of sp³-hybridized carbons (Fsp3) is 0.647. The number of carbonyl (C=O) groups is 6. The van der Waals surface area contributed by atoms with Crippen molar-refractivity contribution in [1.82, 2.24) is 16.0 Å². The summed E-state index contributed by atoms with van der Waals surface area (Å²) in [6.07, 6.45) is -2.17. The molecule has 0 aliphatic rings. The van der Waals surface area contributed by atoms with Gasteiger partial charge in [-0.25, -0.2) is 4.79 Å². The van der Waals surface area contributed by atoms with Crippen molar-refractivity contribution in [3.05, 3.63) is 0 Å². The molecule has 0 aromatic heterocycles. The molecule has 31 heavy (non-hydrogen) atoms. The van der Waals surface area contributed by atoms with Crippen molar-refractivity contribution in [3.8, 4) is 0 Å². The SMILES string of the molecule is CC(NC(=O)C(N)CCC(N)=O)C(=O)NC(C(=O)NC(CCC(N)=O)C(=O)O)C(C)O. The lowest BCUT2D eigenvalue weighted by atomic mass is 10.1. The second kappa shape index (κ2) is 13.1. The molecule has 0 heterocycles. The number of aliphatic hydroxyl groups is 1. The Bertz CT molecular complexity index is 698. The number of amides is 5. The molecule has 5 atom stereocenters. The molecule has 0 aliphatic carbocycles. The monoisotopic (exact) mass is 446 g/mol. The van der Waals surface area contributed by atoms with Crippen LogP contribution in [0.15, 0.2) is 0 Å². The van der Waals surface area contributed by atoms with Crippen molar-refractivity contribution < 1.29 is 39.0 Å². The molecule has 0 saturated carbocycles. The molecular formula is C17H30N6O8. The molecule has 5 unspecified atom stereocenters. The maximum Gasteiger partial charge on any atom is 0.326 e. The van der Waals surface area contributed by atoms with E-state index in [1.807, 2.05) is 0 Å². The first kappa shape index (κ1) is 27.7. The number of hydrogen-bond donors (Lipinski definition) is 8. The van der Waals surface area contributed by atoms with Crippen LogP contribution in [0.2, 0.25) is 0 Å². The van der Waals surface area contributed by atoms with Gasteiger partial charge in [0.2, 0.25) is 29.5 Å². The predicted molar refractivity (Wildman–Crippen MR) is 106 cm³/mol. The van der Waals surface area contributed by atoms with Crippen molar-refractivity contribution in [2.24, 2.45) is 17.2 Å². The minimum atomic E-state index is -1.55. The summed E-state index contributed by atoms with van der Waals surface area (Å²) in [7, 11) is 0. The van der Waals surface area contributed by atoms with Gasteiger partial charge in [-0.15, -0.1) is 0 Å². The van der Waals surface area contributed by atoms with E-state index >= 15 is 0 Å². The number of nitrogens with two attached hydrogens (primary N) is 3. The zero-order valence-corrected chi connectivity index (χ0v) is 17.3. The summed E-state index contributed by atoms with van der Waals surface area (Å²) in [6.45, 7) is 2.48. The van der Waals surface area contributed by atoms with Gasteiger partial charge in [-0.05, 0) is 26.7 Å². The summed E-state index contributed by atoms with van der Waals surface area (Å²) in [5, 5.41) is 25.6. The van der Waals surface area contributed by atoms with Gasteiger partial charge in [0.25, 0.3) is 0 Å². The third kappa shape index (κ3) is 10.9. The lowest BCUT2D eigenvalue weighted by molar-refractivity contribution is -0.143. The van der Waals surface area contributed by atoms with Gasteiger partial charge in [-0.1, -0.05) is 0 Å². The van der Waals surface area contributed by atoms with Crippen LogP contribution in [0, 0.1) is 0 Å². The Morgan fingerprint density at radius 3 is 1.77 bits per heavy atom. The summed E-state index contributed by atoms with van der Waals surface area (Å²) < 4.78 is 0. The van der Waals surface area contributed by atoms with Gasteiger partial charge in [0.15, 0.2) is 0 Å². The summed E-state index contributed by atoms with van der Waals surface area (Å²) >= 11 is 0. The number of aliphatic carboxylic acids is 1. The average Bonchev–Trinajstić information content (AvgIpc) is 2.65. The maximum absolute atomic E-state index is 12.4. The van der Waals surface area contributed by atoms with Crippen LogP contribution >= 0.6 is 0 Å². The zero-order chi connectivity index (χ0) is 24.3. The predicted octanol–water partition coefficient (Wildman–Crippen LogP) is -4.22. The standard InChI is InChI=1S/C17H30N6O8/c1-7(21-15(28)9(18)3-5-11(19)25)14(27)23-13(8(2)24)16(29)22-10(17(30)31)4-6-12(20)26/h7-10,13,24H,3-6,18H2,1-2H3,(H2,19,25)(H2,20,26)(H,21,28)(H,22,29)(H,23,27)(H,30,31). The lowest BCUT2D eigenvalue weighted by Crippen LogP contribution is -2.59. The molecule has 0 aromatic carbocycles. The van der Waals surface area contributed by atoms with E-state index in [9.17, 15) is 33.9 Å². The minimum absolute atomic E-state index is 0.0317. The number of hydrogen-bond acceptors (Lipinski definition) is 8. The van der Waals surface area contributed by atoms with Crippen LogP contribution in [0.5, 0.6) is 0 Å². The highest BCUT2D eigenvalue weighted by atomic mass is 16.4. The second-order valence-electron chi connectivity index (χ2n) is 6.97. The number of carbonyl (C=O) groups excluding carboxylic acids is 5. The van der Waals surface area contributed by atoms with Crippen LogP contribution in [-0.2, 0) is 28.8 Å². The Hall–Kier alpha value is -3.26.